The van der Waals surface area contributed by atoms with Crippen LogP contribution < -0.4 is 0 Å². The summed E-state index contributed by atoms with van der Waals surface area (Å²) in [6, 6.07) is 0. The zero-order chi connectivity index (χ0) is 29.4. The fraction of sp³-hybridized carbons (Fsp3) is 0.833. The van der Waals surface area contributed by atoms with Gasteiger partial charge < -0.3 is 9.84 Å². The number of hydrogen-bond donors (Lipinski definition) is 1. The fourth-order valence-electron chi connectivity index (χ4n) is 5.07. The third-order valence-corrected chi connectivity index (χ3v) is 7.66. The van der Waals surface area contributed by atoms with E-state index in [0.717, 1.165) is 70.6 Å². The molecule has 4 heteroatoms. The van der Waals surface area contributed by atoms with Gasteiger partial charge in [-0.05, 0) is 51.0 Å². The highest BCUT2D eigenvalue weighted by Crippen LogP contribution is 2.16. The molecule has 4 nitrogen and oxygen atoms in total. The maximum absolute atomic E-state index is 12.5. The molecule has 0 saturated heterocycles. The van der Waals surface area contributed by atoms with Crippen molar-refractivity contribution in [2.75, 3.05) is 0 Å². The minimum Gasteiger partial charge on any atom is -0.481 e. The molecule has 1 N–H and O–H groups in total. The summed E-state index contributed by atoms with van der Waals surface area (Å²) in [6.45, 7) is 4.51. The van der Waals surface area contributed by atoms with Crippen molar-refractivity contribution in [3.05, 3.63) is 24.3 Å². The van der Waals surface area contributed by atoms with Crippen molar-refractivity contribution < 1.29 is 19.4 Å². The smallest absolute Gasteiger partial charge is 0.306 e. The molecule has 0 aliphatic rings. The van der Waals surface area contributed by atoms with Crippen LogP contribution in [0.25, 0.3) is 0 Å². The lowest BCUT2D eigenvalue weighted by atomic mass is 10.0. The van der Waals surface area contributed by atoms with Crippen LogP contribution >= 0.6 is 0 Å². The average molecular weight is 563 g/mol. The van der Waals surface area contributed by atoms with Crippen molar-refractivity contribution in [1.29, 1.82) is 0 Å². The fourth-order valence-corrected chi connectivity index (χ4v) is 5.07. The molecule has 0 aromatic heterocycles. The Kier molecular flexibility index (Phi) is 30.7. The van der Waals surface area contributed by atoms with E-state index in [0.29, 0.717) is 6.42 Å². The van der Waals surface area contributed by atoms with Crippen LogP contribution in [0, 0.1) is 0 Å². The Morgan fingerprint density at radius 3 is 1.60 bits per heavy atom. The molecule has 0 fully saturated rings. The molecule has 234 valence electrons. The summed E-state index contributed by atoms with van der Waals surface area (Å²) in [4.78, 5) is 23.2. The van der Waals surface area contributed by atoms with Gasteiger partial charge in [0.15, 0.2) is 0 Å². The molecule has 0 aromatic carbocycles. The summed E-state index contributed by atoms with van der Waals surface area (Å²) in [5, 5.41) is 8.75. The first-order valence-corrected chi connectivity index (χ1v) is 17.3. The third-order valence-electron chi connectivity index (χ3n) is 7.66. The van der Waals surface area contributed by atoms with Crippen molar-refractivity contribution in [3.8, 4) is 0 Å². The van der Waals surface area contributed by atoms with E-state index in [9.17, 15) is 9.59 Å². The first-order valence-electron chi connectivity index (χ1n) is 17.3. The summed E-state index contributed by atoms with van der Waals surface area (Å²) in [7, 11) is 0. The second kappa shape index (κ2) is 31.9. The topological polar surface area (TPSA) is 63.6 Å². The summed E-state index contributed by atoms with van der Waals surface area (Å²) < 4.78 is 5.88. The third kappa shape index (κ3) is 31.0. The second-order valence-corrected chi connectivity index (χ2v) is 11.7. The van der Waals surface area contributed by atoms with Gasteiger partial charge in [-0.2, -0.15) is 0 Å². The van der Waals surface area contributed by atoms with E-state index >= 15 is 0 Å². The monoisotopic (exact) mass is 562 g/mol. The van der Waals surface area contributed by atoms with Crippen LogP contribution in [0.3, 0.4) is 0 Å². The predicted octanol–water partition coefficient (Wildman–Crippen LogP) is 11.7. The Bertz CT molecular complexity index is 610. The maximum Gasteiger partial charge on any atom is 0.306 e. The standard InChI is InChI=1S/C36H66O4/c1-3-5-7-9-11-13-14-15-17-19-25-29-33-36(39)40-34(30-26-22-18-16-12-10-8-6-4-2)31-27-23-20-21-24-28-32-35(37)38/h16,18,26,30,34H,3-15,17,19-25,27-29,31-33H2,1-2H3,(H,37,38)/b18-16-,30-26-. The van der Waals surface area contributed by atoms with Crippen molar-refractivity contribution >= 4 is 11.9 Å². The van der Waals surface area contributed by atoms with Crippen molar-refractivity contribution in [2.45, 2.75) is 193 Å². The molecular weight excluding hydrogens is 496 g/mol. The molecule has 0 amide bonds. The molecule has 1 unspecified atom stereocenters. The van der Waals surface area contributed by atoms with E-state index in [-0.39, 0.29) is 18.5 Å². The zero-order valence-electron chi connectivity index (χ0n) is 26.7. The Labute approximate surface area is 248 Å². The van der Waals surface area contributed by atoms with Crippen LogP contribution in [0.1, 0.15) is 187 Å². The number of allylic oxidation sites excluding steroid dienone is 3. The molecule has 0 spiro atoms. The van der Waals surface area contributed by atoms with E-state index in [1.54, 1.807) is 0 Å². The number of ether oxygens (including phenoxy) is 1. The first kappa shape index (κ1) is 38.4. The molecular formula is C36H66O4. The highest BCUT2D eigenvalue weighted by molar-refractivity contribution is 5.69. The van der Waals surface area contributed by atoms with Gasteiger partial charge in [-0.3, -0.25) is 9.59 Å². The molecule has 0 aliphatic heterocycles. The van der Waals surface area contributed by atoms with E-state index < -0.39 is 5.97 Å². The quantitative estimate of drug-likeness (QED) is 0.0518. The largest absolute Gasteiger partial charge is 0.481 e. The number of hydrogen-bond acceptors (Lipinski definition) is 3. The summed E-state index contributed by atoms with van der Waals surface area (Å²) in [5.74, 6) is -0.756. The second-order valence-electron chi connectivity index (χ2n) is 11.7. The highest BCUT2D eigenvalue weighted by atomic mass is 16.5. The molecule has 0 rings (SSSR count). The molecule has 0 bridgehead atoms. The molecule has 0 radical (unpaired) electrons. The molecule has 0 aliphatic carbocycles. The van der Waals surface area contributed by atoms with Crippen LogP contribution in [0.5, 0.6) is 0 Å². The first-order chi connectivity index (χ1) is 19.6. The lowest BCUT2D eigenvalue weighted by molar-refractivity contribution is -0.147. The van der Waals surface area contributed by atoms with Gasteiger partial charge >= 0.3 is 11.9 Å². The Balaban J connectivity index is 4.16. The van der Waals surface area contributed by atoms with Gasteiger partial charge in [-0.15, -0.1) is 0 Å². The SMILES string of the molecule is CCCCCC/C=C\C/C=C\C(CCCCCCCCC(=O)O)OC(=O)CCCCCCCCCCCCCC. The lowest BCUT2D eigenvalue weighted by Gasteiger charge is -2.14. The van der Waals surface area contributed by atoms with Crippen LogP contribution in [0.4, 0.5) is 0 Å². The Morgan fingerprint density at radius 2 is 1.05 bits per heavy atom. The van der Waals surface area contributed by atoms with Gasteiger partial charge in [0, 0.05) is 12.8 Å². The number of carboxylic acids is 1. The van der Waals surface area contributed by atoms with Crippen LogP contribution in [-0.2, 0) is 14.3 Å². The lowest BCUT2D eigenvalue weighted by Crippen LogP contribution is -2.16. The predicted molar refractivity (Wildman–Crippen MR) is 172 cm³/mol. The zero-order valence-corrected chi connectivity index (χ0v) is 26.7. The summed E-state index contributed by atoms with van der Waals surface area (Å²) in [5.41, 5.74) is 0. The molecule has 40 heavy (non-hydrogen) atoms. The number of rotatable bonds is 31. The van der Waals surface area contributed by atoms with Crippen molar-refractivity contribution in [2.24, 2.45) is 0 Å². The van der Waals surface area contributed by atoms with Crippen molar-refractivity contribution in [1.82, 2.24) is 0 Å². The number of esters is 1. The molecule has 1 atom stereocenters. The van der Waals surface area contributed by atoms with Gasteiger partial charge in [0.05, 0.1) is 0 Å². The van der Waals surface area contributed by atoms with Gasteiger partial charge in [0.25, 0.3) is 0 Å². The summed E-state index contributed by atoms with van der Waals surface area (Å²) >= 11 is 0. The van der Waals surface area contributed by atoms with Gasteiger partial charge in [-0.1, -0.05) is 148 Å². The van der Waals surface area contributed by atoms with Crippen LogP contribution in [0.15, 0.2) is 24.3 Å². The highest BCUT2D eigenvalue weighted by Gasteiger charge is 2.11. The van der Waals surface area contributed by atoms with Crippen LogP contribution in [-0.4, -0.2) is 23.1 Å². The minimum atomic E-state index is -0.703. The molecule has 0 aromatic rings. The minimum absolute atomic E-state index is 0.0538. The van der Waals surface area contributed by atoms with E-state index in [1.165, 1.54) is 89.9 Å². The van der Waals surface area contributed by atoms with Crippen molar-refractivity contribution in [3.63, 3.8) is 0 Å². The van der Waals surface area contributed by atoms with Crippen LogP contribution in [0.2, 0.25) is 0 Å². The molecule has 0 saturated carbocycles. The average Bonchev–Trinajstić information content (AvgIpc) is 2.93. The van der Waals surface area contributed by atoms with Gasteiger partial charge in [-0.25, -0.2) is 0 Å². The van der Waals surface area contributed by atoms with E-state index in [2.05, 4.69) is 38.2 Å². The number of aliphatic carboxylic acids is 1. The Morgan fingerprint density at radius 1 is 0.575 bits per heavy atom. The normalized spacial score (nSPS) is 12.4. The van der Waals surface area contributed by atoms with E-state index in [1.807, 2.05) is 0 Å². The summed E-state index contributed by atoms with van der Waals surface area (Å²) in [6.07, 6.45) is 39.1. The van der Waals surface area contributed by atoms with Gasteiger partial charge in [0.2, 0.25) is 0 Å². The molecule has 0 heterocycles. The number of carboxylic acid groups (broad SMARTS) is 1. The number of carbonyl (C=O) groups is 2. The van der Waals surface area contributed by atoms with Gasteiger partial charge in [0.1, 0.15) is 6.10 Å². The maximum atomic E-state index is 12.5. The Hall–Kier alpha value is -1.58. The number of unbranched alkanes of at least 4 members (excludes halogenated alkanes) is 20. The number of carbonyl (C=O) groups excluding carboxylic acids is 1. The van der Waals surface area contributed by atoms with E-state index in [4.69, 9.17) is 9.84 Å².